The second kappa shape index (κ2) is 6.10. The number of hydrogen-bond acceptors (Lipinski definition) is 1. The monoisotopic (exact) mass is 247 g/mol. The Balaban J connectivity index is 1.70. The molecule has 1 saturated carbocycles. The Labute approximate surface area is 109 Å². The molecule has 0 heterocycles. The van der Waals surface area contributed by atoms with Gasteiger partial charge in [0.2, 0.25) is 0 Å². The van der Waals surface area contributed by atoms with E-state index in [0.29, 0.717) is 12.0 Å². The van der Waals surface area contributed by atoms with Crippen molar-refractivity contribution in [1.82, 2.24) is 5.32 Å². The third-order valence-corrected chi connectivity index (χ3v) is 3.62. The van der Waals surface area contributed by atoms with Gasteiger partial charge < -0.3 is 5.32 Å². The van der Waals surface area contributed by atoms with E-state index in [0.717, 1.165) is 24.4 Å². The average Bonchev–Trinajstić information content (AvgIpc) is 2.26. The smallest absolute Gasteiger partial charge is 0.0408 e. The summed E-state index contributed by atoms with van der Waals surface area (Å²) in [5, 5.41) is 4.38. The van der Waals surface area contributed by atoms with E-state index >= 15 is 0 Å². The highest BCUT2D eigenvalue weighted by Crippen LogP contribution is 2.37. The van der Waals surface area contributed by atoms with E-state index in [9.17, 15) is 0 Å². The van der Waals surface area contributed by atoms with Crippen LogP contribution in [-0.2, 0) is 0 Å². The summed E-state index contributed by atoms with van der Waals surface area (Å²) < 4.78 is 0. The third-order valence-electron chi connectivity index (χ3n) is 3.39. The number of hydrogen-bond donors (Lipinski definition) is 1. The molecule has 0 bridgehead atoms. The van der Waals surface area contributed by atoms with Crippen LogP contribution in [0.3, 0.4) is 0 Å². The minimum absolute atomic E-state index is 0.664. The molecule has 1 N–H and O–H groups in total. The molecule has 1 aromatic rings. The summed E-state index contributed by atoms with van der Waals surface area (Å²) in [5.41, 5.74) is 1.37. The van der Waals surface area contributed by atoms with Crippen molar-refractivity contribution in [3.8, 4) is 12.3 Å². The lowest BCUT2D eigenvalue weighted by molar-refractivity contribution is 0.291. The molecule has 0 saturated heterocycles. The van der Waals surface area contributed by atoms with Crippen LogP contribution in [-0.4, -0.2) is 12.6 Å². The maximum absolute atomic E-state index is 5.99. The molecule has 1 aromatic carbocycles. The van der Waals surface area contributed by atoms with Crippen molar-refractivity contribution in [2.24, 2.45) is 0 Å². The van der Waals surface area contributed by atoms with Crippen LogP contribution >= 0.6 is 11.6 Å². The van der Waals surface area contributed by atoms with Gasteiger partial charge in [-0.3, -0.25) is 0 Å². The molecule has 90 valence electrons. The molecule has 17 heavy (non-hydrogen) atoms. The molecule has 0 aliphatic heterocycles. The van der Waals surface area contributed by atoms with Gasteiger partial charge in [-0.05, 0) is 49.4 Å². The first kappa shape index (κ1) is 12.5. The number of nitrogens with one attached hydrogen (secondary N) is 1. The van der Waals surface area contributed by atoms with Crippen LogP contribution in [0.5, 0.6) is 0 Å². The van der Waals surface area contributed by atoms with E-state index in [-0.39, 0.29) is 0 Å². The Kier molecular flexibility index (Phi) is 4.48. The molecular formula is C15H18ClN. The standard InChI is InChI=1S/C15H18ClN/c1-2-3-4-8-17-15-10-13(11-15)12-6-5-7-14(16)9-12/h1,5-7,9,13,15,17H,3-4,8,10-11H2. The van der Waals surface area contributed by atoms with Crippen molar-refractivity contribution in [3.05, 3.63) is 34.9 Å². The number of terminal acetylenes is 1. The molecule has 0 aromatic heterocycles. The fourth-order valence-electron chi connectivity index (χ4n) is 2.31. The van der Waals surface area contributed by atoms with Crippen LogP contribution < -0.4 is 5.32 Å². The van der Waals surface area contributed by atoms with Crippen LogP contribution in [0.4, 0.5) is 0 Å². The Morgan fingerprint density at radius 3 is 2.94 bits per heavy atom. The third kappa shape index (κ3) is 3.49. The van der Waals surface area contributed by atoms with Crippen molar-refractivity contribution in [2.75, 3.05) is 6.54 Å². The molecule has 2 rings (SSSR count). The van der Waals surface area contributed by atoms with Gasteiger partial charge in [-0.25, -0.2) is 0 Å². The van der Waals surface area contributed by atoms with Gasteiger partial charge in [-0.2, -0.15) is 0 Å². The summed E-state index contributed by atoms with van der Waals surface area (Å²) in [4.78, 5) is 0. The van der Waals surface area contributed by atoms with E-state index in [1.807, 2.05) is 12.1 Å². The molecule has 0 unspecified atom stereocenters. The minimum Gasteiger partial charge on any atom is -0.314 e. The highest BCUT2D eigenvalue weighted by molar-refractivity contribution is 6.30. The van der Waals surface area contributed by atoms with Crippen molar-refractivity contribution in [1.29, 1.82) is 0 Å². The fraction of sp³-hybridized carbons (Fsp3) is 0.467. The largest absolute Gasteiger partial charge is 0.314 e. The minimum atomic E-state index is 0.664. The lowest BCUT2D eigenvalue weighted by Crippen LogP contribution is -2.40. The van der Waals surface area contributed by atoms with Gasteiger partial charge in [0.15, 0.2) is 0 Å². The van der Waals surface area contributed by atoms with Crippen molar-refractivity contribution in [2.45, 2.75) is 37.6 Å². The number of benzene rings is 1. The van der Waals surface area contributed by atoms with E-state index in [2.05, 4.69) is 23.4 Å². The SMILES string of the molecule is C#CCCCNC1CC(c2cccc(Cl)c2)C1. The van der Waals surface area contributed by atoms with Crippen LogP contribution in [0.1, 0.15) is 37.2 Å². The molecule has 0 spiro atoms. The van der Waals surface area contributed by atoms with E-state index in [1.54, 1.807) is 0 Å². The summed E-state index contributed by atoms with van der Waals surface area (Å²) in [6.45, 7) is 1.04. The predicted octanol–water partition coefficient (Wildman–Crippen LogP) is 3.59. The number of unbranched alkanes of at least 4 members (excludes halogenated alkanes) is 1. The highest BCUT2D eigenvalue weighted by Gasteiger charge is 2.29. The normalized spacial score (nSPS) is 22.8. The van der Waals surface area contributed by atoms with Gasteiger partial charge in [0.05, 0.1) is 0 Å². The summed E-state index contributed by atoms with van der Waals surface area (Å²) in [5.74, 6) is 3.34. The molecule has 0 radical (unpaired) electrons. The quantitative estimate of drug-likeness (QED) is 0.619. The van der Waals surface area contributed by atoms with Crippen molar-refractivity contribution < 1.29 is 0 Å². The molecule has 2 heteroatoms. The zero-order valence-corrected chi connectivity index (χ0v) is 10.7. The Bertz CT molecular complexity index is 402. The highest BCUT2D eigenvalue weighted by atomic mass is 35.5. The van der Waals surface area contributed by atoms with Gasteiger partial charge in [0, 0.05) is 17.5 Å². The van der Waals surface area contributed by atoms with E-state index < -0.39 is 0 Å². The van der Waals surface area contributed by atoms with Gasteiger partial charge in [-0.1, -0.05) is 23.7 Å². The maximum Gasteiger partial charge on any atom is 0.0408 e. The molecule has 0 atom stereocenters. The first-order chi connectivity index (χ1) is 8.29. The molecular weight excluding hydrogens is 230 g/mol. The number of halogens is 1. The zero-order chi connectivity index (χ0) is 12.1. The first-order valence-electron chi connectivity index (χ1n) is 6.22. The predicted molar refractivity (Wildman–Crippen MR) is 73.3 cm³/mol. The molecule has 1 nitrogen and oxygen atoms in total. The van der Waals surface area contributed by atoms with Crippen LogP contribution in [0.15, 0.2) is 24.3 Å². The summed E-state index contributed by atoms with van der Waals surface area (Å²) >= 11 is 5.99. The average molecular weight is 248 g/mol. The Hall–Kier alpha value is -0.970. The summed E-state index contributed by atoms with van der Waals surface area (Å²) in [7, 11) is 0. The van der Waals surface area contributed by atoms with E-state index in [1.165, 1.54) is 18.4 Å². The molecule has 1 fully saturated rings. The summed E-state index contributed by atoms with van der Waals surface area (Å²) in [6.07, 6.45) is 9.60. The Morgan fingerprint density at radius 1 is 1.41 bits per heavy atom. The van der Waals surface area contributed by atoms with Crippen molar-refractivity contribution >= 4 is 11.6 Å². The topological polar surface area (TPSA) is 12.0 Å². The van der Waals surface area contributed by atoms with Gasteiger partial charge in [0.1, 0.15) is 0 Å². The second-order valence-corrected chi connectivity index (χ2v) is 5.12. The fourth-order valence-corrected chi connectivity index (χ4v) is 2.51. The molecule has 1 aliphatic rings. The van der Waals surface area contributed by atoms with Gasteiger partial charge >= 0.3 is 0 Å². The van der Waals surface area contributed by atoms with Gasteiger partial charge in [0.25, 0.3) is 0 Å². The van der Waals surface area contributed by atoms with Gasteiger partial charge in [-0.15, -0.1) is 12.3 Å². The molecule has 1 aliphatic carbocycles. The lowest BCUT2D eigenvalue weighted by Gasteiger charge is -2.36. The zero-order valence-electron chi connectivity index (χ0n) is 9.95. The van der Waals surface area contributed by atoms with Crippen LogP contribution in [0.25, 0.3) is 0 Å². The Morgan fingerprint density at radius 2 is 2.24 bits per heavy atom. The summed E-state index contributed by atoms with van der Waals surface area (Å²) in [6, 6.07) is 8.88. The van der Waals surface area contributed by atoms with Crippen molar-refractivity contribution in [3.63, 3.8) is 0 Å². The number of rotatable bonds is 5. The maximum atomic E-state index is 5.99. The van der Waals surface area contributed by atoms with Crippen LogP contribution in [0.2, 0.25) is 5.02 Å². The first-order valence-corrected chi connectivity index (χ1v) is 6.59. The van der Waals surface area contributed by atoms with Crippen LogP contribution in [0, 0.1) is 12.3 Å². The second-order valence-electron chi connectivity index (χ2n) is 4.68. The lowest BCUT2D eigenvalue weighted by atomic mass is 9.76. The van der Waals surface area contributed by atoms with E-state index in [4.69, 9.17) is 18.0 Å². The molecule has 0 amide bonds.